The lowest BCUT2D eigenvalue weighted by molar-refractivity contribution is 0.0842. The van der Waals surface area contributed by atoms with Gasteiger partial charge in [-0.3, -0.25) is 25.2 Å². The molecule has 2 N–H and O–H groups in total. The molecule has 0 spiro atoms. The fourth-order valence-electron chi connectivity index (χ4n) is 2.81. The number of aryl methyl sites for hydroxylation is 1. The first kappa shape index (κ1) is 20.6. The van der Waals surface area contributed by atoms with Gasteiger partial charge in [-0.2, -0.15) is 9.90 Å². The van der Waals surface area contributed by atoms with Crippen LogP contribution in [0, 0.1) is 0 Å². The van der Waals surface area contributed by atoms with Crippen LogP contribution in [0.3, 0.4) is 0 Å². The minimum atomic E-state index is -0.642. The number of tetrazole rings is 1. The van der Waals surface area contributed by atoms with Gasteiger partial charge in [-0.15, -0.1) is 10.2 Å². The molecule has 160 valence electrons. The average Bonchev–Trinajstić information content (AvgIpc) is 3.28. The number of rotatable bonds is 5. The second-order valence-corrected chi connectivity index (χ2v) is 6.80. The summed E-state index contributed by atoms with van der Waals surface area (Å²) >= 11 is 0. The number of nitrogens with one attached hydrogen (secondary N) is 2. The van der Waals surface area contributed by atoms with Gasteiger partial charge in [0.05, 0.1) is 6.54 Å². The molecule has 0 saturated carbocycles. The molecule has 0 aliphatic heterocycles. The first-order valence-electron chi connectivity index (χ1n) is 9.57. The van der Waals surface area contributed by atoms with Crippen molar-refractivity contribution in [2.75, 3.05) is 0 Å². The van der Waals surface area contributed by atoms with E-state index in [9.17, 15) is 14.4 Å². The number of carbonyl (C=O) groups excluding carboxylic acids is 2. The highest BCUT2D eigenvalue weighted by atomic mass is 16.2. The predicted octanol–water partition coefficient (Wildman–Crippen LogP) is 0.557. The first-order chi connectivity index (χ1) is 15.5. The van der Waals surface area contributed by atoms with Crippen LogP contribution in [0.2, 0.25) is 0 Å². The highest BCUT2D eigenvalue weighted by molar-refractivity contribution is 5.98. The summed E-state index contributed by atoms with van der Waals surface area (Å²) < 4.78 is 1.03. The monoisotopic (exact) mass is 430 g/mol. The van der Waals surface area contributed by atoms with Crippen molar-refractivity contribution in [3.8, 4) is 11.4 Å². The minimum absolute atomic E-state index is 0.00190. The summed E-state index contributed by atoms with van der Waals surface area (Å²) in [5, 5.41) is 16.3. The summed E-state index contributed by atoms with van der Waals surface area (Å²) in [4.78, 5) is 37.2. The maximum absolute atomic E-state index is 12.3. The Hall–Kier alpha value is -4.67. The summed E-state index contributed by atoms with van der Waals surface area (Å²) in [5.74, 6) is -0.609. The lowest BCUT2D eigenvalue weighted by Gasteiger charge is -2.08. The standard InChI is InChI=1S/C21H18N8O3/c1-28-18(30)12-11-17(25-28)21(32)24-23-20(31)16-9-7-14(8-10-16)13-29-26-19(22-27-29)15-5-3-2-4-6-15/h2-12H,13H2,1H3,(H,23,31)(H,24,32). The van der Waals surface area contributed by atoms with Gasteiger partial charge >= 0.3 is 0 Å². The summed E-state index contributed by atoms with van der Waals surface area (Å²) in [5.41, 5.74) is 6.33. The number of hydrazine groups is 1. The van der Waals surface area contributed by atoms with Crippen molar-refractivity contribution in [1.29, 1.82) is 0 Å². The van der Waals surface area contributed by atoms with E-state index in [0.29, 0.717) is 17.9 Å². The molecule has 2 heterocycles. The van der Waals surface area contributed by atoms with Crippen LogP contribution in [-0.4, -0.2) is 41.8 Å². The van der Waals surface area contributed by atoms with Crippen LogP contribution in [0.15, 0.2) is 71.5 Å². The van der Waals surface area contributed by atoms with Crippen molar-refractivity contribution in [2.24, 2.45) is 7.05 Å². The van der Waals surface area contributed by atoms with E-state index in [0.717, 1.165) is 15.8 Å². The third-order valence-corrected chi connectivity index (χ3v) is 4.51. The quantitative estimate of drug-likeness (QED) is 0.441. The summed E-state index contributed by atoms with van der Waals surface area (Å²) in [6, 6.07) is 18.8. The van der Waals surface area contributed by atoms with Crippen LogP contribution in [0.5, 0.6) is 0 Å². The van der Waals surface area contributed by atoms with E-state index in [1.165, 1.54) is 24.0 Å². The lowest BCUT2D eigenvalue weighted by atomic mass is 10.1. The molecule has 11 nitrogen and oxygen atoms in total. The highest BCUT2D eigenvalue weighted by Crippen LogP contribution is 2.12. The van der Waals surface area contributed by atoms with E-state index >= 15 is 0 Å². The molecule has 32 heavy (non-hydrogen) atoms. The van der Waals surface area contributed by atoms with Gasteiger partial charge in [-0.25, -0.2) is 4.68 Å². The van der Waals surface area contributed by atoms with Gasteiger partial charge in [0.1, 0.15) is 0 Å². The Kier molecular flexibility index (Phi) is 5.79. The van der Waals surface area contributed by atoms with Gasteiger partial charge in [-0.05, 0) is 29.0 Å². The SMILES string of the molecule is Cn1nc(C(=O)NNC(=O)c2ccc(Cn3nnc(-c4ccccc4)n3)cc2)ccc1=O. The molecule has 4 rings (SSSR count). The largest absolute Gasteiger partial charge is 0.290 e. The zero-order chi connectivity index (χ0) is 22.5. The Morgan fingerprint density at radius 1 is 0.875 bits per heavy atom. The van der Waals surface area contributed by atoms with Crippen molar-refractivity contribution in [3.05, 3.63) is 93.9 Å². The van der Waals surface area contributed by atoms with Gasteiger partial charge in [0, 0.05) is 24.2 Å². The number of amides is 2. The maximum atomic E-state index is 12.3. The second kappa shape index (κ2) is 9.00. The molecule has 2 aromatic heterocycles. The van der Waals surface area contributed by atoms with Crippen molar-refractivity contribution in [3.63, 3.8) is 0 Å². The fraction of sp³-hybridized carbons (Fsp3) is 0.0952. The predicted molar refractivity (Wildman–Crippen MR) is 113 cm³/mol. The molecular weight excluding hydrogens is 412 g/mol. The number of hydrogen-bond donors (Lipinski definition) is 2. The third-order valence-electron chi connectivity index (χ3n) is 4.51. The molecule has 0 fully saturated rings. The molecule has 0 bridgehead atoms. The van der Waals surface area contributed by atoms with E-state index < -0.39 is 11.8 Å². The van der Waals surface area contributed by atoms with E-state index in [1.807, 2.05) is 30.3 Å². The fourth-order valence-corrected chi connectivity index (χ4v) is 2.81. The molecule has 0 unspecified atom stereocenters. The molecule has 0 aliphatic carbocycles. The Balaban J connectivity index is 1.34. The lowest BCUT2D eigenvalue weighted by Crippen LogP contribution is -2.42. The third kappa shape index (κ3) is 4.73. The zero-order valence-corrected chi connectivity index (χ0v) is 17.0. The van der Waals surface area contributed by atoms with Gasteiger partial charge in [-0.1, -0.05) is 42.5 Å². The van der Waals surface area contributed by atoms with Crippen molar-refractivity contribution >= 4 is 11.8 Å². The maximum Gasteiger partial charge on any atom is 0.290 e. The summed E-state index contributed by atoms with van der Waals surface area (Å²) in [6.45, 7) is 0.386. The number of benzene rings is 2. The first-order valence-corrected chi connectivity index (χ1v) is 9.57. The molecule has 4 aromatic rings. The van der Waals surface area contributed by atoms with Crippen LogP contribution in [0.25, 0.3) is 11.4 Å². The Morgan fingerprint density at radius 2 is 1.59 bits per heavy atom. The average molecular weight is 430 g/mol. The molecule has 2 amide bonds. The van der Waals surface area contributed by atoms with Crippen LogP contribution < -0.4 is 16.4 Å². The number of aromatic nitrogens is 6. The number of carbonyl (C=O) groups is 2. The normalized spacial score (nSPS) is 10.5. The molecular formula is C21H18N8O3. The van der Waals surface area contributed by atoms with E-state index in [-0.39, 0.29) is 11.3 Å². The van der Waals surface area contributed by atoms with Crippen molar-refractivity contribution in [1.82, 2.24) is 40.8 Å². The van der Waals surface area contributed by atoms with E-state index in [1.54, 1.807) is 24.3 Å². The van der Waals surface area contributed by atoms with Gasteiger partial charge in [0.25, 0.3) is 17.4 Å². The topological polar surface area (TPSA) is 137 Å². The minimum Gasteiger partial charge on any atom is -0.268 e. The summed E-state index contributed by atoms with van der Waals surface area (Å²) in [7, 11) is 1.43. The second-order valence-electron chi connectivity index (χ2n) is 6.80. The van der Waals surface area contributed by atoms with Crippen LogP contribution in [0.4, 0.5) is 0 Å². The van der Waals surface area contributed by atoms with Gasteiger partial charge < -0.3 is 0 Å². The van der Waals surface area contributed by atoms with Gasteiger partial charge in [0.15, 0.2) is 5.69 Å². The van der Waals surface area contributed by atoms with Crippen LogP contribution in [-0.2, 0) is 13.6 Å². The summed E-state index contributed by atoms with van der Waals surface area (Å²) in [6.07, 6.45) is 0. The van der Waals surface area contributed by atoms with Gasteiger partial charge in [0.2, 0.25) is 5.82 Å². The molecule has 0 saturated heterocycles. The molecule has 11 heteroatoms. The molecule has 2 aromatic carbocycles. The Morgan fingerprint density at radius 3 is 2.31 bits per heavy atom. The molecule has 0 aliphatic rings. The van der Waals surface area contributed by atoms with Crippen molar-refractivity contribution < 1.29 is 9.59 Å². The molecule has 0 radical (unpaired) electrons. The highest BCUT2D eigenvalue weighted by Gasteiger charge is 2.12. The number of nitrogens with zero attached hydrogens (tertiary/aromatic N) is 6. The van der Waals surface area contributed by atoms with Crippen LogP contribution >= 0.6 is 0 Å². The molecule has 0 atom stereocenters. The van der Waals surface area contributed by atoms with Crippen LogP contribution in [0.1, 0.15) is 26.4 Å². The Bertz CT molecular complexity index is 1310. The smallest absolute Gasteiger partial charge is 0.268 e. The van der Waals surface area contributed by atoms with E-state index in [2.05, 4.69) is 31.4 Å². The zero-order valence-electron chi connectivity index (χ0n) is 17.0. The van der Waals surface area contributed by atoms with E-state index in [4.69, 9.17) is 0 Å². The van der Waals surface area contributed by atoms with Crippen molar-refractivity contribution in [2.45, 2.75) is 6.54 Å². The Labute approximate surface area is 181 Å². The number of hydrogen-bond acceptors (Lipinski definition) is 7.